The first-order chi connectivity index (χ1) is 10.2. The number of aliphatic hydroxyl groups excluding tert-OH is 1. The second-order valence-electron chi connectivity index (χ2n) is 5.24. The lowest BCUT2D eigenvalue weighted by Gasteiger charge is -2.13. The van der Waals surface area contributed by atoms with E-state index in [1.165, 1.54) is 0 Å². The molecule has 0 fully saturated rings. The van der Waals surface area contributed by atoms with Gasteiger partial charge in [0, 0.05) is 12.6 Å². The number of benzene rings is 1. The fourth-order valence-corrected chi connectivity index (χ4v) is 2.36. The molecule has 4 nitrogen and oxygen atoms in total. The molecule has 1 N–H and O–H groups in total. The lowest BCUT2D eigenvalue weighted by atomic mass is 10.2. The molecule has 0 saturated carbocycles. The lowest BCUT2D eigenvalue weighted by molar-refractivity contribution is 0.106. The first kappa shape index (κ1) is 15.6. The Kier molecular flexibility index (Phi) is 5.81. The van der Waals surface area contributed by atoms with E-state index in [0.29, 0.717) is 12.5 Å². The van der Waals surface area contributed by atoms with Gasteiger partial charge in [-0.05, 0) is 31.0 Å². The summed E-state index contributed by atoms with van der Waals surface area (Å²) in [5.41, 5.74) is 0.908. The molecule has 1 unspecified atom stereocenters. The van der Waals surface area contributed by atoms with Crippen molar-refractivity contribution in [3.05, 3.63) is 48.3 Å². The fourth-order valence-electron chi connectivity index (χ4n) is 2.36. The van der Waals surface area contributed by atoms with Crippen molar-refractivity contribution in [1.82, 2.24) is 9.78 Å². The van der Waals surface area contributed by atoms with Gasteiger partial charge in [-0.1, -0.05) is 32.0 Å². The summed E-state index contributed by atoms with van der Waals surface area (Å²) in [6.07, 6.45) is 4.10. The molecule has 2 aromatic rings. The Morgan fingerprint density at radius 2 is 1.86 bits per heavy atom. The van der Waals surface area contributed by atoms with Crippen LogP contribution in [0.1, 0.15) is 38.4 Å². The van der Waals surface area contributed by atoms with Gasteiger partial charge < -0.3 is 9.84 Å². The molecule has 0 bridgehead atoms. The van der Waals surface area contributed by atoms with Crippen LogP contribution >= 0.6 is 0 Å². The van der Waals surface area contributed by atoms with Crippen LogP contribution in [0.2, 0.25) is 0 Å². The van der Waals surface area contributed by atoms with E-state index in [1.54, 1.807) is 0 Å². The number of hydrogen-bond donors (Lipinski definition) is 1. The molecule has 0 saturated heterocycles. The maximum Gasteiger partial charge on any atom is 0.119 e. The van der Waals surface area contributed by atoms with Gasteiger partial charge in [0.25, 0.3) is 0 Å². The number of aromatic nitrogens is 2. The van der Waals surface area contributed by atoms with E-state index < -0.39 is 6.10 Å². The molecule has 0 spiro atoms. The molecular weight excluding hydrogens is 264 g/mol. The highest BCUT2D eigenvalue weighted by molar-refractivity contribution is 5.20. The first-order valence-electron chi connectivity index (χ1n) is 7.62. The van der Waals surface area contributed by atoms with Crippen LogP contribution in [0.5, 0.6) is 5.75 Å². The quantitative estimate of drug-likeness (QED) is 0.811. The first-order valence-corrected chi connectivity index (χ1v) is 7.62. The number of ether oxygens (including phenoxy) is 1. The minimum atomic E-state index is -0.546. The van der Waals surface area contributed by atoms with Gasteiger partial charge in [0.1, 0.15) is 12.4 Å². The second kappa shape index (κ2) is 7.84. The van der Waals surface area contributed by atoms with Gasteiger partial charge in [0.05, 0.1) is 17.8 Å². The van der Waals surface area contributed by atoms with Crippen LogP contribution in [-0.4, -0.2) is 27.6 Å². The molecule has 21 heavy (non-hydrogen) atoms. The Hall–Kier alpha value is -1.81. The topological polar surface area (TPSA) is 47.3 Å². The van der Waals surface area contributed by atoms with Crippen LogP contribution in [0.3, 0.4) is 0 Å². The van der Waals surface area contributed by atoms with Crippen molar-refractivity contribution in [3.63, 3.8) is 0 Å². The Morgan fingerprint density at radius 3 is 2.52 bits per heavy atom. The normalized spacial score (nSPS) is 12.6. The molecule has 1 aromatic carbocycles. The Labute approximate surface area is 126 Å². The molecular formula is C17H24N2O2. The number of para-hydroxylation sites is 1. The second-order valence-corrected chi connectivity index (χ2v) is 5.24. The highest BCUT2D eigenvalue weighted by atomic mass is 16.5. The van der Waals surface area contributed by atoms with Crippen LogP contribution in [0.15, 0.2) is 42.6 Å². The molecule has 1 aromatic heterocycles. The highest BCUT2D eigenvalue weighted by Crippen LogP contribution is 2.15. The van der Waals surface area contributed by atoms with Crippen molar-refractivity contribution < 1.29 is 9.84 Å². The van der Waals surface area contributed by atoms with E-state index in [0.717, 1.165) is 24.3 Å². The molecule has 0 aliphatic heterocycles. The molecule has 2 rings (SSSR count). The van der Waals surface area contributed by atoms with Gasteiger partial charge in [0.15, 0.2) is 0 Å². The summed E-state index contributed by atoms with van der Waals surface area (Å²) in [7, 11) is 0. The molecule has 0 radical (unpaired) electrons. The summed E-state index contributed by atoms with van der Waals surface area (Å²) < 4.78 is 7.55. The van der Waals surface area contributed by atoms with Crippen molar-refractivity contribution in [2.45, 2.75) is 45.3 Å². The average Bonchev–Trinajstić information content (AvgIpc) is 2.96. The zero-order chi connectivity index (χ0) is 15.1. The van der Waals surface area contributed by atoms with E-state index in [-0.39, 0.29) is 6.61 Å². The van der Waals surface area contributed by atoms with Crippen LogP contribution in [-0.2, 0) is 6.42 Å². The minimum Gasteiger partial charge on any atom is -0.491 e. The molecule has 0 aliphatic carbocycles. The minimum absolute atomic E-state index is 0.280. The van der Waals surface area contributed by atoms with Crippen molar-refractivity contribution in [3.8, 4) is 5.75 Å². The van der Waals surface area contributed by atoms with Gasteiger partial charge in [0.2, 0.25) is 0 Å². The standard InChI is InChI=1S/C17H24N2O2/c1-3-15(4-2)19-11-10-14(18-19)12-16(20)13-21-17-8-6-5-7-9-17/h5-11,15-16,20H,3-4,12-13H2,1-2H3. The fraction of sp³-hybridized carbons (Fsp3) is 0.471. The van der Waals surface area contributed by atoms with Gasteiger partial charge in [-0.2, -0.15) is 5.10 Å². The zero-order valence-electron chi connectivity index (χ0n) is 12.8. The summed E-state index contributed by atoms with van der Waals surface area (Å²) in [4.78, 5) is 0. The SMILES string of the molecule is CCC(CC)n1ccc(CC(O)COc2ccccc2)n1. The van der Waals surface area contributed by atoms with Gasteiger partial charge in [-0.25, -0.2) is 0 Å². The number of rotatable bonds is 8. The van der Waals surface area contributed by atoms with E-state index in [9.17, 15) is 5.11 Å². The van der Waals surface area contributed by atoms with Crippen molar-refractivity contribution in [2.24, 2.45) is 0 Å². The molecule has 1 atom stereocenters. The van der Waals surface area contributed by atoms with Crippen molar-refractivity contribution in [2.75, 3.05) is 6.61 Å². The summed E-state index contributed by atoms with van der Waals surface area (Å²) in [6, 6.07) is 12.0. The smallest absolute Gasteiger partial charge is 0.119 e. The molecule has 114 valence electrons. The third kappa shape index (κ3) is 4.60. The van der Waals surface area contributed by atoms with Crippen LogP contribution < -0.4 is 4.74 Å². The molecule has 4 heteroatoms. The number of aliphatic hydroxyl groups is 1. The third-order valence-corrected chi connectivity index (χ3v) is 3.61. The Bertz CT molecular complexity index is 521. The average molecular weight is 288 g/mol. The zero-order valence-corrected chi connectivity index (χ0v) is 12.8. The van der Waals surface area contributed by atoms with E-state index in [4.69, 9.17) is 4.74 Å². The molecule has 1 heterocycles. The Morgan fingerprint density at radius 1 is 1.14 bits per heavy atom. The largest absolute Gasteiger partial charge is 0.491 e. The highest BCUT2D eigenvalue weighted by Gasteiger charge is 2.12. The predicted octanol–water partition coefficient (Wildman–Crippen LogP) is 3.23. The number of hydrogen-bond acceptors (Lipinski definition) is 3. The summed E-state index contributed by atoms with van der Waals surface area (Å²) in [5, 5.41) is 14.6. The van der Waals surface area contributed by atoms with Crippen molar-refractivity contribution >= 4 is 0 Å². The summed E-state index contributed by atoms with van der Waals surface area (Å²) in [6.45, 7) is 4.61. The van der Waals surface area contributed by atoms with Crippen LogP contribution in [0.4, 0.5) is 0 Å². The molecule has 0 aliphatic rings. The van der Waals surface area contributed by atoms with Gasteiger partial charge in [-0.3, -0.25) is 4.68 Å². The third-order valence-electron chi connectivity index (χ3n) is 3.61. The molecule has 0 amide bonds. The van der Waals surface area contributed by atoms with E-state index in [2.05, 4.69) is 18.9 Å². The maximum atomic E-state index is 10.1. The van der Waals surface area contributed by atoms with Crippen LogP contribution in [0, 0.1) is 0 Å². The van der Waals surface area contributed by atoms with E-state index >= 15 is 0 Å². The lowest BCUT2D eigenvalue weighted by Crippen LogP contribution is -2.20. The summed E-state index contributed by atoms with van der Waals surface area (Å²) in [5.74, 6) is 0.777. The van der Waals surface area contributed by atoms with Gasteiger partial charge in [-0.15, -0.1) is 0 Å². The van der Waals surface area contributed by atoms with Crippen molar-refractivity contribution in [1.29, 1.82) is 0 Å². The predicted molar refractivity (Wildman–Crippen MR) is 83.5 cm³/mol. The Balaban J connectivity index is 1.84. The summed E-state index contributed by atoms with van der Waals surface area (Å²) >= 11 is 0. The maximum absolute atomic E-state index is 10.1. The monoisotopic (exact) mass is 288 g/mol. The van der Waals surface area contributed by atoms with Crippen LogP contribution in [0.25, 0.3) is 0 Å². The number of nitrogens with zero attached hydrogens (tertiary/aromatic N) is 2. The van der Waals surface area contributed by atoms with E-state index in [1.807, 2.05) is 47.3 Å². The van der Waals surface area contributed by atoms with Gasteiger partial charge >= 0.3 is 0 Å².